The normalized spacial score (nSPS) is 13.7. The molecule has 1 aliphatic rings. The lowest BCUT2D eigenvalue weighted by molar-refractivity contribution is 0.0950. The van der Waals surface area contributed by atoms with Crippen LogP contribution in [-0.2, 0) is 6.61 Å². The molecule has 2 aromatic rings. The van der Waals surface area contributed by atoms with Crippen molar-refractivity contribution in [1.29, 1.82) is 0 Å². The Morgan fingerprint density at radius 2 is 1.95 bits per heavy atom. The predicted molar refractivity (Wildman–Crippen MR) is 82.1 cm³/mol. The summed E-state index contributed by atoms with van der Waals surface area (Å²) in [5.41, 5.74) is 7.69. The molecule has 0 aliphatic heterocycles. The number of ether oxygens (including phenoxy) is 1. The number of hydrogen-bond donors (Lipinski definition) is 2. The number of nitrogen functional groups attached to an aromatic ring is 1. The van der Waals surface area contributed by atoms with E-state index in [1.54, 1.807) is 30.3 Å². The van der Waals surface area contributed by atoms with Gasteiger partial charge in [0.1, 0.15) is 18.2 Å². The maximum Gasteiger partial charge on any atom is 0.251 e. The van der Waals surface area contributed by atoms with Crippen LogP contribution in [-0.4, -0.2) is 11.9 Å². The Hall–Kier alpha value is -2.56. The summed E-state index contributed by atoms with van der Waals surface area (Å²) in [5.74, 6) is 0.0453. The minimum Gasteiger partial charge on any atom is -0.487 e. The van der Waals surface area contributed by atoms with Gasteiger partial charge in [0.2, 0.25) is 0 Å². The zero-order valence-corrected chi connectivity index (χ0v) is 12.0. The van der Waals surface area contributed by atoms with Crippen molar-refractivity contribution in [1.82, 2.24) is 5.32 Å². The fraction of sp³-hybridized carbons (Fsp3) is 0.235. The molecule has 1 fully saturated rings. The van der Waals surface area contributed by atoms with E-state index in [2.05, 4.69) is 5.32 Å². The number of nitrogens with one attached hydrogen (secondary N) is 1. The zero-order valence-electron chi connectivity index (χ0n) is 12.0. The molecule has 1 amide bonds. The highest BCUT2D eigenvalue weighted by atomic mass is 19.1. The Morgan fingerprint density at radius 1 is 1.23 bits per heavy atom. The molecular formula is C17H17FN2O2. The topological polar surface area (TPSA) is 64.4 Å². The SMILES string of the molecule is Nc1ccc(C(=O)NC2CC2)cc1OCc1ccc(F)cc1. The molecule has 0 aromatic heterocycles. The van der Waals surface area contributed by atoms with E-state index in [4.69, 9.17) is 10.5 Å². The molecule has 2 aromatic carbocycles. The summed E-state index contributed by atoms with van der Waals surface area (Å²) in [6.45, 7) is 0.262. The summed E-state index contributed by atoms with van der Waals surface area (Å²) < 4.78 is 18.5. The van der Waals surface area contributed by atoms with Gasteiger partial charge in [0.25, 0.3) is 5.91 Å². The molecule has 114 valence electrons. The number of halogens is 1. The highest BCUT2D eigenvalue weighted by Crippen LogP contribution is 2.25. The maximum absolute atomic E-state index is 12.9. The summed E-state index contributed by atoms with van der Waals surface area (Å²) in [4.78, 5) is 12.0. The van der Waals surface area contributed by atoms with E-state index >= 15 is 0 Å². The summed E-state index contributed by atoms with van der Waals surface area (Å²) in [7, 11) is 0. The Morgan fingerprint density at radius 3 is 2.64 bits per heavy atom. The number of rotatable bonds is 5. The van der Waals surface area contributed by atoms with E-state index in [9.17, 15) is 9.18 Å². The molecule has 0 bridgehead atoms. The van der Waals surface area contributed by atoms with Crippen LogP contribution in [0.25, 0.3) is 0 Å². The summed E-state index contributed by atoms with van der Waals surface area (Å²) in [6, 6.07) is 11.3. The minimum absolute atomic E-state index is 0.117. The zero-order chi connectivity index (χ0) is 15.5. The lowest BCUT2D eigenvalue weighted by Crippen LogP contribution is -2.25. The second kappa shape index (κ2) is 6.05. The van der Waals surface area contributed by atoms with Crippen molar-refractivity contribution in [3.05, 3.63) is 59.4 Å². The third-order valence-corrected chi connectivity index (χ3v) is 3.50. The van der Waals surface area contributed by atoms with Gasteiger partial charge in [-0.15, -0.1) is 0 Å². The summed E-state index contributed by atoms with van der Waals surface area (Å²) >= 11 is 0. The molecule has 0 saturated heterocycles. The number of anilines is 1. The fourth-order valence-corrected chi connectivity index (χ4v) is 2.04. The number of carbonyl (C=O) groups excluding carboxylic acids is 1. The molecule has 4 nitrogen and oxygen atoms in total. The van der Waals surface area contributed by atoms with Gasteiger partial charge in [0.05, 0.1) is 5.69 Å². The van der Waals surface area contributed by atoms with Gasteiger partial charge in [-0.05, 0) is 48.7 Å². The average molecular weight is 300 g/mol. The van der Waals surface area contributed by atoms with Crippen LogP contribution >= 0.6 is 0 Å². The number of amides is 1. The summed E-state index contributed by atoms with van der Waals surface area (Å²) in [5, 5.41) is 2.92. The van der Waals surface area contributed by atoms with Gasteiger partial charge in [0, 0.05) is 11.6 Å². The first-order valence-corrected chi connectivity index (χ1v) is 7.19. The van der Waals surface area contributed by atoms with Gasteiger partial charge < -0.3 is 15.8 Å². The van der Waals surface area contributed by atoms with Crippen LogP contribution in [0.1, 0.15) is 28.8 Å². The molecule has 22 heavy (non-hydrogen) atoms. The molecule has 0 unspecified atom stereocenters. The quantitative estimate of drug-likeness (QED) is 0.835. The van der Waals surface area contributed by atoms with Gasteiger partial charge in [-0.2, -0.15) is 0 Å². The molecule has 1 aliphatic carbocycles. The Balaban J connectivity index is 1.69. The van der Waals surface area contributed by atoms with Crippen LogP contribution in [0.4, 0.5) is 10.1 Å². The Labute approximate surface area is 128 Å². The van der Waals surface area contributed by atoms with E-state index < -0.39 is 0 Å². The van der Waals surface area contributed by atoms with Crippen molar-refractivity contribution in [2.75, 3.05) is 5.73 Å². The average Bonchev–Trinajstić information content (AvgIpc) is 3.32. The molecule has 5 heteroatoms. The van der Waals surface area contributed by atoms with E-state index in [0.29, 0.717) is 23.0 Å². The van der Waals surface area contributed by atoms with Crippen molar-refractivity contribution in [2.45, 2.75) is 25.5 Å². The molecule has 0 atom stereocenters. The van der Waals surface area contributed by atoms with Gasteiger partial charge in [-0.3, -0.25) is 4.79 Å². The van der Waals surface area contributed by atoms with Gasteiger partial charge in [0.15, 0.2) is 0 Å². The fourth-order valence-electron chi connectivity index (χ4n) is 2.04. The molecule has 0 radical (unpaired) electrons. The van der Waals surface area contributed by atoms with Crippen LogP contribution in [0.5, 0.6) is 5.75 Å². The van der Waals surface area contributed by atoms with Crippen LogP contribution in [0.3, 0.4) is 0 Å². The van der Waals surface area contributed by atoms with Crippen molar-refractivity contribution in [3.63, 3.8) is 0 Å². The molecule has 0 heterocycles. The standard InChI is InChI=1S/C17H17FN2O2/c18-13-4-1-11(2-5-13)10-22-16-9-12(3-8-15(16)19)17(21)20-14-6-7-14/h1-5,8-9,14H,6-7,10,19H2,(H,20,21). The predicted octanol–water partition coefficient (Wildman–Crippen LogP) is 2.88. The lowest BCUT2D eigenvalue weighted by atomic mass is 10.1. The van der Waals surface area contributed by atoms with Gasteiger partial charge >= 0.3 is 0 Å². The second-order valence-electron chi connectivity index (χ2n) is 5.42. The third kappa shape index (κ3) is 3.55. The van der Waals surface area contributed by atoms with Gasteiger partial charge in [-0.1, -0.05) is 12.1 Å². The van der Waals surface area contributed by atoms with E-state index in [1.807, 2.05) is 0 Å². The van der Waals surface area contributed by atoms with Crippen LogP contribution < -0.4 is 15.8 Å². The largest absolute Gasteiger partial charge is 0.487 e. The smallest absolute Gasteiger partial charge is 0.251 e. The first kappa shape index (κ1) is 14.4. The maximum atomic E-state index is 12.9. The van der Waals surface area contributed by atoms with Crippen molar-refractivity contribution >= 4 is 11.6 Å². The number of hydrogen-bond acceptors (Lipinski definition) is 3. The number of nitrogens with two attached hydrogens (primary N) is 1. The first-order chi connectivity index (χ1) is 10.6. The third-order valence-electron chi connectivity index (χ3n) is 3.50. The molecule has 3 N–H and O–H groups in total. The van der Waals surface area contributed by atoms with E-state index in [-0.39, 0.29) is 18.3 Å². The van der Waals surface area contributed by atoms with Crippen LogP contribution in [0.15, 0.2) is 42.5 Å². The van der Waals surface area contributed by atoms with Gasteiger partial charge in [-0.25, -0.2) is 4.39 Å². The molecular weight excluding hydrogens is 283 g/mol. The first-order valence-electron chi connectivity index (χ1n) is 7.19. The minimum atomic E-state index is -0.290. The molecule has 1 saturated carbocycles. The lowest BCUT2D eigenvalue weighted by Gasteiger charge is -2.11. The Kier molecular flexibility index (Phi) is 3.96. The molecule has 0 spiro atoms. The van der Waals surface area contributed by atoms with Crippen LogP contribution in [0.2, 0.25) is 0 Å². The number of carbonyl (C=O) groups is 1. The van der Waals surface area contributed by atoms with E-state index in [1.165, 1.54) is 12.1 Å². The highest BCUT2D eigenvalue weighted by Gasteiger charge is 2.24. The Bertz CT molecular complexity index is 682. The summed E-state index contributed by atoms with van der Waals surface area (Å²) in [6.07, 6.45) is 2.07. The molecule has 3 rings (SSSR count). The number of benzene rings is 2. The van der Waals surface area contributed by atoms with E-state index in [0.717, 1.165) is 18.4 Å². The second-order valence-corrected chi connectivity index (χ2v) is 5.42. The van der Waals surface area contributed by atoms with Crippen LogP contribution in [0, 0.1) is 5.82 Å². The monoisotopic (exact) mass is 300 g/mol. The highest BCUT2D eigenvalue weighted by molar-refractivity contribution is 5.95. The van der Waals surface area contributed by atoms with Crippen molar-refractivity contribution in [2.24, 2.45) is 0 Å². The van der Waals surface area contributed by atoms with Crippen molar-refractivity contribution in [3.8, 4) is 5.75 Å². The van der Waals surface area contributed by atoms with Crippen molar-refractivity contribution < 1.29 is 13.9 Å².